The highest BCUT2D eigenvalue weighted by Crippen LogP contribution is 2.28. The highest BCUT2D eigenvalue weighted by atomic mass is 32.1. The molecular weight excluding hydrogens is 264 g/mol. The Bertz CT molecular complexity index is 622. The first-order chi connectivity index (χ1) is 8.95. The Balaban J connectivity index is 2.21. The number of aryl methyl sites for hydroxylation is 2. The van der Waals surface area contributed by atoms with Crippen LogP contribution in [0.25, 0.3) is 0 Å². The fourth-order valence-electron chi connectivity index (χ4n) is 1.69. The van der Waals surface area contributed by atoms with Crippen molar-refractivity contribution in [1.82, 2.24) is 4.98 Å². The molecule has 0 aliphatic rings. The van der Waals surface area contributed by atoms with E-state index in [1.54, 1.807) is 25.1 Å². The van der Waals surface area contributed by atoms with Gasteiger partial charge in [0.25, 0.3) is 0 Å². The number of carboxylic acids is 1. The Kier molecular flexibility index (Phi) is 3.71. The predicted octanol–water partition coefficient (Wildman–Crippen LogP) is 2.84. The van der Waals surface area contributed by atoms with Crippen LogP contribution in [0.2, 0.25) is 0 Å². The topological polar surface area (TPSA) is 82.5 Å². The molecule has 0 radical (unpaired) electrons. The number of carboxylic acid groups (broad SMARTS) is 1. The van der Waals surface area contributed by atoms with E-state index < -0.39 is 5.97 Å². The molecule has 0 unspecified atom stereocenters. The Morgan fingerprint density at radius 3 is 2.79 bits per heavy atom. The number of carbonyl (C=O) groups is 1. The zero-order valence-electron chi connectivity index (χ0n) is 10.6. The molecule has 6 heteroatoms. The minimum atomic E-state index is -0.862. The van der Waals surface area contributed by atoms with E-state index in [0.717, 1.165) is 21.8 Å². The van der Waals surface area contributed by atoms with Gasteiger partial charge in [-0.15, -0.1) is 11.3 Å². The molecule has 0 saturated carbocycles. The second kappa shape index (κ2) is 5.27. The second-order valence-electron chi connectivity index (χ2n) is 4.22. The first kappa shape index (κ1) is 13.4. The molecule has 0 fully saturated rings. The number of aromatic hydroxyl groups is 1. The molecule has 2 rings (SSSR count). The molecule has 2 aromatic rings. The predicted molar refractivity (Wildman–Crippen MR) is 74.3 cm³/mol. The highest BCUT2D eigenvalue weighted by Gasteiger charge is 2.11. The van der Waals surface area contributed by atoms with Crippen LogP contribution in [-0.4, -0.2) is 21.2 Å². The van der Waals surface area contributed by atoms with Gasteiger partial charge in [-0.25, -0.2) is 4.98 Å². The summed E-state index contributed by atoms with van der Waals surface area (Å²) in [5.41, 5.74) is 2.47. The summed E-state index contributed by atoms with van der Waals surface area (Å²) in [7, 11) is 0. The van der Waals surface area contributed by atoms with Crippen LogP contribution < -0.4 is 5.32 Å². The van der Waals surface area contributed by atoms with Crippen LogP contribution in [0.4, 0.5) is 10.8 Å². The Morgan fingerprint density at radius 1 is 1.42 bits per heavy atom. The molecule has 0 saturated heterocycles. The van der Waals surface area contributed by atoms with E-state index in [1.165, 1.54) is 11.3 Å². The van der Waals surface area contributed by atoms with E-state index in [-0.39, 0.29) is 12.2 Å². The maximum absolute atomic E-state index is 10.7. The number of thiazole rings is 1. The van der Waals surface area contributed by atoms with Crippen molar-refractivity contribution in [2.24, 2.45) is 0 Å². The van der Waals surface area contributed by atoms with E-state index in [2.05, 4.69) is 10.3 Å². The lowest BCUT2D eigenvalue weighted by Crippen LogP contribution is -1.99. The van der Waals surface area contributed by atoms with Crippen LogP contribution in [0.1, 0.15) is 16.1 Å². The average molecular weight is 278 g/mol. The maximum atomic E-state index is 10.7. The van der Waals surface area contributed by atoms with Crippen molar-refractivity contribution < 1.29 is 15.0 Å². The molecule has 0 aliphatic heterocycles. The number of rotatable bonds is 4. The summed E-state index contributed by atoms with van der Waals surface area (Å²) < 4.78 is 0. The number of hydrogen-bond acceptors (Lipinski definition) is 5. The number of benzene rings is 1. The van der Waals surface area contributed by atoms with Crippen LogP contribution in [0, 0.1) is 13.8 Å². The van der Waals surface area contributed by atoms with Gasteiger partial charge in [-0.05, 0) is 37.6 Å². The molecule has 0 aliphatic carbocycles. The average Bonchev–Trinajstić information content (AvgIpc) is 2.62. The van der Waals surface area contributed by atoms with Gasteiger partial charge in [0.05, 0.1) is 12.1 Å². The number of nitrogens with one attached hydrogen (secondary N) is 1. The minimum Gasteiger partial charge on any atom is -0.508 e. The van der Waals surface area contributed by atoms with Crippen molar-refractivity contribution in [3.8, 4) is 5.75 Å². The van der Waals surface area contributed by atoms with Gasteiger partial charge in [-0.1, -0.05) is 0 Å². The van der Waals surface area contributed by atoms with Gasteiger partial charge < -0.3 is 15.5 Å². The van der Waals surface area contributed by atoms with Gasteiger partial charge in [0.2, 0.25) is 0 Å². The van der Waals surface area contributed by atoms with Gasteiger partial charge in [-0.2, -0.15) is 0 Å². The van der Waals surface area contributed by atoms with Crippen LogP contribution in [-0.2, 0) is 11.2 Å². The van der Waals surface area contributed by atoms with E-state index in [1.807, 2.05) is 6.92 Å². The number of phenols is 1. The van der Waals surface area contributed by atoms with E-state index in [4.69, 9.17) is 5.11 Å². The molecule has 100 valence electrons. The summed E-state index contributed by atoms with van der Waals surface area (Å²) in [6.07, 6.45) is -0.0141. The SMILES string of the molecule is Cc1cc(O)ccc1Nc1nc(C)c(CC(=O)O)s1. The van der Waals surface area contributed by atoms with Gasteiger partial charge in [0, 0.05) is 10.6 Å². The van der Waals surface area contributed by atoms with Gasteiger partial charge >= 0.3 is 5.97 Å². The summed E-state index contributed by atoms with van der Waals surface area (Å²) in [6, 6.07) is 5.01. The third kappa shape index (κ3) is 3.23. The van der Waals surface area contributed by atoms with Gasteiger partial charge in [0.15, 0.2) is 5.13 Å². The van der Waals surface area contributed by atoms with Crippen LogP contribution in [0.5, 0.6) is 5.75 Å². The molecule has 0 spiro atoms. The number of hydrogen-bond donors (Lipinski definition) is 3. The number of aromatic nitrogens is 1. The van der Waals surface area contributed by atoms with Crippen molar-refractivity contribution in [2.45, 2.75) is 20.3 Å². The molecule has 0 amide bonds. The fraction of sp³-hybridized carbons (Fsp3) is 0.231. The minimum absolute atomic E-state index is 0.0141. The molecule has 1 aromatic carbocycles. The van der Waals surface area contributed by atoms with E-state index >= 15 is 0 Å². The lowest BCUT2D eigenvalue weighted by Gasteiger charge is -2.06. The number of nitrogens with zero attached hydrogens (tertiary/aromatic N) is 1. The summed E-state index contributed by atoms with van der Waals surface area (Å²) in [4.78, 5) is 15.8. The normalized spacial score (nSPS) is 10.4. The molecule has 1 heterocycles. The largest absolute Gasteiger partial charge is 0.508 e. The smallest absolute Gasteiger partial charge is 0.308 e. The van der Waals surface area contributed by atoms with Crippen molar-refractivity contribution in [3.05, 3.63) is 34.3 Å². The molecule has 0 atom stereocenters. The lowest BCUT2D eigenvalue weighted by molar-refractivity contribution is -0.136. The van der Waals surface area contributed by atoms with Gasteiger partial charge in [-0.3, -0.25) is 4.79 Å². The zero-order valence-corrected chi connectivity index (χ0v) is 11.4. The van der Waals surface area contributed by atoms with Crippen LogP contribution in [0.3, 0.4) is 0 Å². The van der Waals surface area contributed by atoms with E-state index in [9.17, 15) is 9.90 Å². The summed E-state index contributed by atoms with van der Waals surface area (Å²) >= 11 is 1.33. The van der Waals surface area contributed by atoms with Gasteiger partial charge in [0.1, 0.15) is 5.75 Å². The lowest BCUT2D eigenvalue weighted by atomic mass is 10.2. The third-order valence-corrected chi connectivity index (χ3v) is 3.73. The molecule has 19 heavy (non-hydrogen) atoms. The zero-order chi connectivity index (χ0) is 14.0. The standard InChI is InChI=1S/C13H14N2O3S/c1-7-5-9(16)3-4-10(7)15-13-14-8(2)11(19-13)6-12(17)18/h3-5,16H,6H2,1-2H3,(H,14,15)(H,17,18). The van der Waals surface area contributed by atoms with Crippen LogP contribution >= 0.6 is 11.3 Å². The van der Waals surface area contributed by atoms with Crippen LogP contribution in [0.15, 0.2) is 18.2 Å². The fourth-order valence-corrected chi connectivity index (χ4v) is 2.65. The molecule has 0 bridgehead atoms. The first-order valence-electron chi connectivity index (χ1n) is 5.70. The number of aliphatic carboxylic acids is 1. The van der Waals surface area contributed by atoms with Crippen molar-refractivity contribution in [1.29, 1.82) is 0 Å². The highest BCUT2D eigenvalue weighted by molar-refractivity contribution is 7.15. The summed E-state index contributed by atoms with van der Waals surface area (Å²) in [5, 5.41) is 21.9. The Hall–Kier alpha value is -2.08. The molecular formula is C13H14N2O3S. The van der Waals surface area contributed by atoms with E-state index in [0.29, 0.717) is 5.13 Å². The second-order valence-corrected chi connectivity index (χ2v) is 5.31. The first-order valence-corrected chi connectivity index (χ1v) is 6.52. The van der Waals surface area contributed by atoms with Crippen molar-refractivity contribution in [2.75, 3.05) is 5.32 Å². The molecule has 3 N–H and O–H groups in total. The summed E-state index contributed by atoms with van der Waals surface area (Å²) in [6.45, 7) is 3.67. The van der Waals surface area contributed by atoms with Crippen molar-refractivity contribution >= 4 is 28.1 Å². The molecule has 5 nitrogen and oxygen atoms in total. The monoisotopic (exact) mass is 278 g/mol. The maximum Gasteiger partial charge on any atom is 0.308 e. The number of phenolic OH excluding ortho intramolecular Hbond substituents is 1. The Labute approximate surface area is 114 Å². The Morgan fingerprint density at radius 2 is 2.16 bits per heavy atom. The molecule has 1 aromatic heterocycles. The quantitative estimate of drug-likeness (QED) is 0.749. The van der Waals surface area contributed by atoms with Crippen molar-refractivity contribution in [3.63, 3.8) is 0 Å². The number of anilines is 2. The third-order valence-electron chi connectivity index (χ3n) is 2.66. The summed E-state index contributed by atoms with van der Waals surface area (Å²) in [5.74, 6) is -0.649.